The van der Waals surface area contributed by atoms with Crippen LogP contribution in [0.25, 0.3) is 0 Å². The van der Waals surface area contributed by atoms with Crippen LogP contribution in [0, 0.1) is 0 Å². The third-order valence-electron chi connectivity index (χ3n) is 4.01. The number of carbonyl (C=O) groups excluding carboxylic acids is 2. The lowest BCUT2D eigenvalue weighted by atomic mass is 10.1. The smallest absolute Gasteiger partial charge is 0.338 e. The van der Waals surface area contributed by atoms with Gasteiger partial charge >= 0.3 is 5.97 Å². The van der Waals surface area contributed by atoms with Gasteiger partial charge in [-0.3, -0.25) is 9.10 Å². The summed E-state index contributed by atoms with van der Waals surface area (Å²) in [7, 11) is -3.35. The van der Waals surface area contributed by atoms with Crippen LogP contribution in [0.1, 0.15) is 15.9 Å². The van der Waals surface area contributed by atoms with E-state index in [0.29, 0.717) is 29.4 Å². The Bertz CT molecular complexity index is 1010. The van der Waals surface area contributed by atoms with Crippen molar-refractivity contribution in [1.29, 1.82) is 0 Å². The number of fused-ring (bicyclic) bond motifs is 1. The lowest BCUT2D eigenvalue weighted by molar-refractivity contribution is -0.119. The van der Waals surface area contributed by atoms with Gasteiger partial charge in [-0.2, -0.15) is 0 Å². The second-order valence-corrected chi connectivity index (χ2v) is 8.41. The van der Waals surface area contributed by atoms with E-state index < -0.39 is 28.5 Å². The van der Waals surface area contributed by atoms with Crippen LogP contribution in [-0.4, -0.2) is 39.7 Å². The molecule has 1 N–H and O–H groups in total. The van der Waals surface area contributed by atoms with Gasteiger partial charge in [-0.25, -0.2) is 13.2 Å². The van der Waals surface area contributed by atoms with Crippen LogP contribution < -0.4 is 9.62 Å². The van der Waals surface area contributed by atoms with Gasteiger partial charge in [0.05, 0.1) is 17.5 Å². The van der Waals surface area contributed by atoms with E-state index >= 15 is 0 Å². The van der Waals surface area contributed by atoms with E-state index in [1.54, 1.807) is 36.4 Å². The van der Waals surface area contributed by atoms with E-state index in [1.807, 2.05) is 0 Å². The first-order valence-electron chi connectivity index (χ1n) is 8.07. The van der Waals surface area contributed by atoms with Gasteiger partial charge in [0.1, 0.15) is 0 Å². The Morgan fingerprint density at radius 3 is 2.70 bits per heavy atom. The number of sulfonamides is 1. The predicted octanol–water partition coefficient (Wildman–Crippen LogP) is 2.46. The summed E-state index contributed by atoms with van der Waals surface area (Å²) in [6, 6.07) is 11.3. The molecule has 0 radical (unpaired) electrons. The second-order valence-electron chi connectivity index (χ2n) is 6.06. The number of halogens is 1. The SMILES string of the molecule is CS(=O)(=O)N1CCc2cc(C(=O)OCC(=O)Nc3cccc(Cl)c3)ccc21. The quantitative estimate of drug-likeness (QED) is 0.767. The molecule has 1 aliphatic heterocycles. The van der Waals surface area contributed by atoms with Crippen LogP contribution in [0.2, 0.25) is 5.02 Å². The lowest BCUT2D eigenvalue weighted by Gasteiger charge is -2.16. The molecule has 0 saturated heterocycles. The van der Waals surface area contributed by atoms with Gasteiger partial charge in [-0.15, -0.1) is 0 Å². The van der Waals surface area contributed by atoms with E-state index in [0.717, 1.165) is 11.8 Å². The van der Waals surface area contributed by atoms with Crippen molar-refractivity contribution in [3.63, 3.8) is 0 Å². The first kappa shape index (κ1) is 19.2. The summed E-state index contributed by atoms with van der Waals surface area (Å²) in [4.78, 5) is 24.1. The molecule has 7 nitrogen and oxygen atoms in total. The number of amides is 1. The van der Waals surface area contributed by atoms with Gasteiger partial charge in [0.2, 0.25) is 10.0 Å². The monoisotopic (exact) mass is 408 g/mol. The zero-order valence-electron chi connectivity index (χ0n) is 14.4. The fraction of sp³-hybridized carbons (Fsp3) is 0.222. The normalized spacial score (nSPS) is 13.2. The number of ether oxygens (including phenoxy) is 1. The van der Waals surface area contributed by atoms with Crippen LogP contribution in [-0.2, 0) is 26.0 Å². The van der Waals surface area contributed by atoms with Crippen LogP contribution in [0.3, 0.4) is 0 Å². The van der Waals surface area contributed by atoms with E-state index in [2.05, 4.69) is 5.32 Å². The van der Waals surface area contributed by atoms with E-state index in [1.165, 1.54) is 10.4 Å². The molecule has 0 spiro atoms. The molecule has 0 unspecified atom stereocenters. The third-order valence-corrected chi connectivity index (χ3v) is 5.43. The van der Waals surface area contributed by atoms with E-state index in [4.69, 9.17) is 16.3 Å². The fourth-order valence-corrected chi connectivity index (χ4v) is 3.97. The summed E-state index contributed by atoms with van der Waals surface area (Å²) in [6.45, 7) is -0.105. The zero-order chi connectivity index (χ0) is 19.6. The maximum absolute atomic E-state index is 12.2. The van der Waals surface area contributed by atoms with Crippen molar-refractivity contribution in [2.24, 2.45) is 0 Å². The average molecular weight is 409 g/mol. The van der Waals surface area contributed by atoms with Gasteiger partial charge in [0.25, 0.3) is 5.91 Å². The number of hydrogen-bond donors (Lipinski definition) is 1. The van der Waals surface area contributed by atoms with Crippen molar-refractivity contribution in [2.75, 3.05) is 29.0 Å². The Kier molecular flexibility index (Phi) is 5.38. The molecule has 0 saturated carbocycles. The van der Waals surface area contributed by atoms with Crippen LogP contribution >= 0.6 is 11.6 Å². The van der Waals surface area contributed by atoms with Crippen molar-refractivity contribution in [2.45, 2.75) is 6.42 Å². The molecule has 3 rings (SSSR count). The minimum absolute atomic E-state index is 0.264. The van der Waals surface area contributed by atoms with E-state index in [9.17, 15) is 18.0 Å². The summed E-state index contributed by atoms with van der Waals surface area (Å²) in [5, 5.41) is 3.06. The summed E-state index contributed by atoms with van der Waals surface area (Å²) >= 11 is 5.84. The molecule has 27 heavy (non-hydrogen) atoms. The molecule has 1 heterocycles. The zero-order valence-corrected chi connectivity index (χ0v) is 16.0. The number of benzene rings is 2. The maximum Gasteiger partial charge on any atom is 0.338 e. The summed E-state index contributed by atoms with van der Waals surface area (Å²) in [5.74, 6) is -1.15. The highest BCUT2D eigenvalue weighted by Crippen LogP contribution is 2.30. The number of esters is 1. The molecule has 0 atom stereocenters. The van der Waals surface area contributed by atoms with Crippen molar-refractivity contribution >= 4 is 44.9 Å². The maximum atomic E-state index is 12.2. The number of anilines is 2. The summed E-state index contributed by atoms with van der Waals surface area (Å²) < 4.78 is 29.8. The second kappa shape index (κ2) is 7.58. The average Bonchev–Trinajstić information content (AvgIpc) is 3.03. The Hall–Kier alpha value is -2.58. The van der Waals surface area contributed by atoms with Gasteiger partial charge < -0.3 is 10.1 Å². The molecule has 142 valence electrons. The standard InChI is InChI=1S/C18H17ClN2O5S/c1-27(24,25)21-8-7-12-9-13(5-6-16(12)21)18(23)26-11-17(22)20-15-4-2-3-14(19)10-15/h2-6,9-10H,7-8,11H2,1H3,(H,20,22). The highest BCUT2D eigenvalue weighted by molar-refractivity contribution is 7.92. The largest absolute Gasteiger partial charge is 0.452 e. The number of carbonyl (C=O) groups is 2. The Morgan fingerprint density at radius 2 is 2.00 bits per heavy atom. The molecule has 1 amide bonds. The van der Waals surface area contributed by atoms with Crippen molar-refractivity contribution in [1.82, 2.24) is 0 Å². The molecular weight excluding hydrogens is 392 g/mol. The Morgan fingerprint density at radius 1 is 1.22 bits per heavy atom. The fourth-order valence-electron chi connectivity index (χ4n) is 2.82. The predicted molar refractivity (Wildman–Crippen MR) is 103 cm³/mol. The molecule has 2 aromatic carbocycles. The molecular formula is C18H17ClN2O5S. The van der Waals surface area contributed by atoms with Gasteiger partial charge in [0.15, 0.2) is 6.61 Å². The van der Waals surface area contributed by atoms with Crippen LogP contribution in [0.4, 0.5) is 11.4 Å². The lowest BCUT2D eigenvalue weighted by Crippen LogP contribution is -2.27. The number of hydrogen-bond acceptors (Lipinski definition) is 5. The van der Waals surface area contributed by atoms with Gasteiger partial charge in [-0.1, -0.05) is 17.7 Å². The molecule has 1 aliphatic rings. The summed E-state index contributed by atoms with van der Waals surface area (Å²) in [5.41, 5.74) is 2.08. The number of rotatable bonds is 5. The Balaban J connectivity index is 1.61. The van der Waals surface area contributed by atoms with Crippen LogP contribution in [0.15, 0.2) is 42.5 Å². The topological polar surface area (TPSA) is 92.8 Å². The van der Waals surface area contributed by atoms with Gasteiger partial charge in [-0.05, 0) is 48.4 Å². The van der Waals surface area contributed by atoms with Crippen molar-refractivity contribution in [3.8, 4) is 0 Å². The molecule has 0 fully saturated rings. The Labute approximate surface area is 161 Å². The van der Waals surface area contributed by atoms with Crippen molar-refractivity contribution < 1.29 is 22.7 Å². The summed E-state index contributed by atoms with van der Waals surface area (Å²) in [6.07, 6.45) is 1.65. The third kappa shape index (κ3) is 4.58. The van der Waals surface area contributed by atoms with Crippen LogP contribution in [0.5, 0.6) is 0 Å². The number of nitrogens with zero attached hydrogens (tertiary/aromatic N) is 1. The van der Waals surface area contributed by atoms with Crippen molar-refractivity contribution in [3.05, 3.63) is 58.6 Å². The van der Waals surface area contributed by atoms with Gasteiger partial charge in [0, 0.05) is 17.3 Å². The molecule has 0 aliphatic carbocycles. The highest BCUT2D eigenvalue weighted by Gasteiger charge is 2.27. The first-order chi connectivity index (χ1) is 12.7. The minimum atomic E-state index is -3.35. The molecule has 0 aromatic heterocycles. The molecule has 9 heteroatoms. The molecule has 2 aromatic rings. The number of nitrogens with one attached hydrogen (secondary N) is 1. The first-order valence-corrected chi connectivity index (χ1v) is 10.3. The minimum Gasteiger partial charge on any atom is -0.452 e. The van der Waals surface area contributed by atoms with E-state index in [-0.39, 0.29) is 5.56 Å². The molecule has 0 bridgehead atoms. The highest BCUT2D eigenvalue weighted by atomic mass is 35.5.